The Morgan fingerprint density at radius 3 is 2.90 bits per heavy atom. The molecule has 0 unspecified atom stereocenters. The van der Waals surface area contributed by atoms with Crippen molar-refractivity contribution in [1.29, 1.82) is 0 Å². The van der Waals surface area contributed by atoms with Crippen LogP contribution in [-0.4, -0.2) is 17.8 Å². The summed E-state index contributed by atoms with van der Waals surface area (Å²) in [6, 6.07) is 7.83. The van der Waals surface area contributed by atoms with E-state index in [-0.39, 0.29) is 6.08 Å². The summed E-state index contributed by atoms with van der Waals surface area (Å²) in [5.41, 5.74) is 0.849. The molecule has 2 aromatic rings. The molecule has 0 spiro atoms. The van der Waals surface area contributed by atoms with Crippen molar-refractivity contribution in [3.63, 3.8) is 0 Å². The summed E-state index contributed by atoms with van der Waals surface area (Å²) in [4.78, 5) is 5.38. The lowest BCUT2D eigenvalue weighted by atomic mass is 10.2. The highest BCUT2D eigenvalue weighted by Crippen LogP contribution is 2.30. The number of hydrogen-bond donors (Lipinski definition) is 1. The zero-order valence-electron chi connectivity index (χ0n) is 12.1. The van der Waals surface area contributed by atoms with Gasteiger partial charge in [0.25, 0.3) is 0 Å². The molecule has 0 saturated carbocycles. The van der Waals surface area contributed by atoms with Gasteiger partial charge in [-0.3, -0.25) is 0 Å². The third-order valence-electron chi connectivity index (χ3n) is 2.66. The highest BCUT2D eigenvalue weighted by atomic mass is 32.2. The fourth-order valence-corrected chi connectivity index (χ4v) is 2.23. The molecule has 108 valence electrons. The van der Waals surface area contributed by atoms with E-state index < -0.39 is 0 Å². The van der Waals surface area contributed by atoms with Gasteiger partial charge in [0.15, 0.2) is 0 Å². The highest BCUT2D eigenvalue weighted by molar-refractivity contribution is 7.98. The first-order chi connectivity index (χ1) is 9.69. The molecule has 0 aliphatic rings. The number of thioether (sulfide) groups is 1. The summed E-state index contributed by atoms with van der Waals surface area (Å²) >= 11 is 1.63. The van der Waals surface area contributed by atoms with Crippen LogP contribution in [0.25, 0.3) is 0 Å². The average Bonchev–Trinajstić information content (AvgIpc) is 2.86. The lowest BCUT2D eigenvalue weighted by molar-refractivity contribution is 0.325. The minimum Gasteiger partial charge on any atom is -0.417 e. The first-order valence-corrected chi connectivity index (χ1v) is 7.87. The van der Waals surface area contributed by atoms with E-state index in [2.05, 4.69) is 24.1 Å². The highest BCUT2D eigenvalue weighted by Gasteiger charge is 2.09. The quantitative estimate of drug-likeness (QED) is 0.783. The summed E-state index contributed by atoms with van der Waals surface area (Å²) in [6.07, 6.45) is 3.93. The predicted molar refractivity (Wildman–Crippen MR) is 81.3 cm³/mol. The summed E-state index contributed by atoms with van der Waals surface area (Å²) in [5, 5.41) is 3.32. The van der Waals surface area contributed by atoms with Gasteiger partial charge in [0, 0.05) is 11.4 Å². The molecule has 0 fully saturated rings. The minimum atomic E-state index is 0.285. The monoisotopic (exact) mass is 292 g/mol. The molecule has 0 bridgehead atoms. The zero-order chi connectivity index (χ0) is 14.4. The molecule has 1 aromatic carbocycles. The fourth-order valence-electron chi connectivity index (χ4n) is 1.70. The Kier molecular flexibility index (Phi) is 5.49. The van der Waals surface area contributed by atoms with Crippen molar-refractivity contribution >= 4 is 11.8 Å². The Morgan fingerprint density at radius 2 is 2.15 bits per heavy atom. The summed E-state index contributed by atoms with van der Waals surface area (Å²) < 4.78 is 11.0. The number of ether oxygens (including phenoxy) is 1. The van der Waals surface area contributed by atoms with Crippen molar-refractivity contribution in [3.8, 4) is 11.8 Å². The van der Waals surface area contributed by atoms with Crippen LogP contribution in [0.3, 0.4) is 0 Å². The average molecular weight is 292 g/mol. The predicted octanol–water partition coefficient (Wildman–Crippen LogP) is 3.93. The number of nitrogens with zero attached hydrogens (tertiary/aromatic N) is 1. The molecule has 0 aliphatic heterocycles. The van der Waals surface area contributed by atoms with Gasteiger partial charge in [-0.25, -0.2) is 0 Å². The summed E-state index contributed by atoms with van der Waals surface area (Å²) in [5.74, 6) is 1.38. The number of hydrogen-bond acceptors (Lipinski definition) is 5. The van der Waals surface area contributed by atoms with Gasteiger partial charge in [0.05, 0.1) is 5.69 Å². The van der Waals surface area contributed by atoms with Crippen LogP contribution < -0.4 is 10.1 Å². The molecular formula is C15H20N2O2S. The molecule has 0 amide bonds. The normalized spacial score (nSPS) is 11.0. The second kappa shape index (κ2) is 7.36. The maximum Gasteiger partial charge on any atom is 0.399 e. The third-order valence-corrected chi connectivity index (χ3v) is 3.43. The number of nitrogens with one attached hydrogen (secondary N) is 1. The van der Waals surface area contributed by atoms with Gasteiger partial charge in [-0.05, 0) is 30.9 Å². The number of oxazole rings is 1. The van der Waals surface area contributed by atoms with Gasteiger partial charge in [0.2, 0.25) is 0 Å². The van der Waals surface area contributed by atoms with E-state index in [9.17, 15) is 0 Å². The molecule has 0 atom stereocenters. The topological polar surface area (TPSA) is 47.3 Å². The Labute approximate surface area is 123 Å². The fraction of sp³-hybridized carbons (Fsp3) is 0.400. The largest absolute Gasteiger partial charge is 0.417 e. The van der Waals surface area contributed by atoms with E-state index in [1.807, 2.05) is 30.5 Å². The molecule has 0 aliphatic carbocycles. The Balaban J connectivity index is 1.95. The van der Waals surface area contributed by atoms with E-state index >= 15 is 0 Å². The van der Waals surface area contributed by atoms with Crippen LogP contribution in [0, 0.1) is 5.92 Å². The van der Waals surface area contributed by atoms with Crippen LogP contribution in [-0.2, 0) is 6.54 Å². The van der Waals surface area contributed by atoms with E-state index in [1.165, 1.54) is 0 Å². The van der Waals surface area contributed by atoms with Crippen molar-refractivity contribution in [3.05, 3.63) is 36.2 Å². The molecule has 1 aromatic heterocycles. The van der Waals surface area contributed by atoms with Crippen LogP contribution in [0.1, 0.15) is 19.5 Å². The van der Waals surface area contributed by atoms with Crippen molar-refractivity contribution in [2.45, 2.75) is 25.3 Å². The van der Waals surface area contributed by atoms with Crippen molar-refractivity contribution in [2.75, 3.05) is 12.8 Å². The molecule has 0 radical (unpaired) electrons. The molecule has 20 heavy (non-hydrogen) atoms. The minimum absolute atomic E-state index is 0.285. The molecule has 5 heteroatoms. The van der Waals surface area contributed by atoms with Crippen LogP contribution in [0.2, 0.25) is 0 Å². The summed E-state index contributed by atoms with van der Waals surface area (Å²) in [6.45, 7) is 5.99. The number of aromatic nitrogens is 1. The van der Waals surface area contributed by atoms with Gasteiger partial charge in [-0.15, -0.1) is 11.8 Å². The molecule has 1 N–H and O–H groups in total. The number of para-hydroxylation sites is 1. The summed E-state index contributed by atoms with van der Waals surface area (Å²) in [7, 11) is 0. The third kappa shape index (κ3) is 4.28. The maximum absolute atomic E-state index is 5.68. The Morgan fingerprint density at radius 1 is 1.35 bits per heavy atom. The second-order valence-corrected chi connectivity index (χ2v) is 5.73. The lowest BCUT2D eigenvalue weighted by Crippen LogP contribution is -2.19. The lowest BCUT2D eigenvalue weighted by Gasteiger charge is -2.05. The van der Waals surface area contributed by atoms with E-state index in [4.69, 9.17) is 9.15 Å². The van der Waals surface area contributed by atoms with Crippen LogP contribution in [0.5, 0.6) is 11.8 Å². The number of rotatable bonds is 7. The van der Waals surface area contributed by atoms with Gasteiger partial charge < -0.3 is 14.5 Å². The van der Waals surface area contributed by atoms with Crippen molar-refractivity contribution in [1.82, 2.24) is 10.3 Å². The van der Waals surface area contributed by atoms with Gasteiger partial charge in [0.1, 0.15) is 12.0 Å². The first kappa shape index (κ1) is 14.9. The van der Waals surface area contributed by atoms with E-state index in [0.29, 0.717) is 12.5 Å². The first-order valence-electron chi connectivity index (χ1n) is 6.65. The van der Waals surface area contributed by atoms with Gasteiger partial charge in [-0.1, -0.05) is 26.0 Å². The van der Waals surface area contributed by atoms with Crippen molar-refractivity contribution < 1.29 is 9.15 Å². The molecule has 1 heterocycles. The number of benzene rings is 1. The van der Waals surface area contributed by atoms with E-state index in [1.54, 1.807) is 18.0 Å². The SMILES string of the molecule is CSc1ccccc1Oc1nc(CNCC(C)C)co1. The second-order valence-electron chi connectivity index (χ2n) is 4.88. The molecule has 4 nitrogen and oxygen atoms in total. The van der Waals surface area contributed by atoms with Gasteiger partial charge in [-0.2, -0.15) is 4.98 Å². The smallest absolute Gasteiger partial charge is 0.399 e. The van der Waals surface area contributed by atoms with Crippen LogP contribution in [0.4, 0.5) is 0 Å². The maximum atomic E-state index is 5.68. The zero-order valence-corrected chi connectivity index (χ0v) is 12.9. The molecule has 0 saturated heterocycles. The van der Waals surface area contributed by atoms with Gasteiger partial charge >= 0.3 is 6.08 Å². The molecular weight excluding hydrogens is 272 g/mol. The van der Waals surface area contributed by atoms with Crippen LogP contribution in [0.15, 0.2) is 39.8 Å². The Bertz CT molecular complexity index is 540. The van der Waals surface area contributed by atoms with Crippen LogP contribution >= 0.6 is 11.8 Å². The Hall–Kier alpha value is -1.46. The van der Waals surface area contributed by atoms with Crippen molar-refractivity contribution in [2.24, 2.45) is 5.92 Å². The molecule has 2 rings (SSSR count). The standard InChI is InChI=1S/C15H20N2O2S/c1-11(2)8-16-9-12-10-18-15(17-12)19-13-6-4-5-7-14(13)20-3/h4-7,10-11,16H,8-9H2,1-3H3. The van der Waals surface area contributed by atoms with E-state index in [0.717, 1.165) is 22.9 Å².